The molecule has 0 aliphatic carbocycles. The van der Waals surface area contributed by atoms with Crippen LogP contribution in [0.3, 0.4) is 0 Å². The molecule has 0 spiro atoms. The molecule has 0 saturated carbocycles. The summed E-state index contributed by atoms with van der Waals surface area (Å²) < 4.78 is 38.3. The number of halogens is 3. The predicted molar refractivity (Wildman–Crippen MR) is 87.5 cm³/mol. The number of alkyl halides is 3. The van der Waals surface area contributed by atoms with Gasteiger partial charge in [0, 0.05) is 11.7 Å². The maximum absolute atomic E-state index is 12.8. The normalized spacial score (nSPS) is 12.9. The Hall–Kier alpha value is -2.34. The van der Waals surface area contributed by atoms with Crippen molar-refractivity contribution in [1.29, 1.82) is 0 Å². The van der Waals surface area contributed by atoms with Crippen LogP contribution in [-0.2, 0) is 11.0 Å². The molecule has 128 valence electrons. The summed E-state index contributed by atoms with van der Waals surface area (Å²) in [6, 6.07) is 13.0. The highest BCUT2D eigenvalue weighted by Gasteiger charge is 2.30. The third kappa shape index (κ3) is 4.83. The van der Waals surface area contributed by atoms with Crippen molar-refractivity contribution in [3.8, 4) is 0 Å². The van der Waals surface area contributed by atoms with E-state index < -0.39 is 23.7 Å². The van der Waals surface area contributed by atoms with Crippen molar-refractivity contribution >= 4 is 11.6 Å². The molecule has 0 fully saturated rings. The van der Waals surface area contributed by atoms with E-state index in [-0.39, 0.29) is 11.7 Å². The zero-order valence-corrected chi connectivity index (χ0v) is 13.4. The van der Waals surface area contributed by atoms with E-state index >= 15 is 0 Å². The number of anilines is 1. The molecule has 2 rings (SSSR count). The zero-order chi connectivity index (χ0) is 17.7. The van der Waals surface area contributed by atoms with E-state index in [2.05, 4.69) is 10.6 Å². The lowest BCUT2D eigenvalue weighted by molar-refractivity contribution is -0.137. The van der Waals surface area contributed by atoms with E-state index in [1.165, 1.54) is 12.1 Å². The van der Waals surface area contributed by atoms with Gasteiger partial charge in [-0.25, -0.2) is 0 Å². The average molecular weight is 336 g/mol. The molecule has 3 nitrogen and oxygen atoms in total. The fourth-order valence-electron chi connectivity index (χ4n) is 2.29. The molecule has 0 radical (unpaired) electrons. The highest BCUT2D eigenvalue weighted by atomic mass is 19.4. The lowest BCUT2D eigenvalue weighted by Gasteiger charge is -2.21. The Balaban J connectivity index is 2.22. The number of hydrogen-bond acceptors (Lipinski definition) is 2. The number of rotatable bonds is 5. The van der Waals surface area contributed by atoms with E-state index in [1.54, 1.807) is 12.1 Å². The zero-order valence-electron chi connectivity index (χ0n) is 13.4. The average Bonchev–Trinajstić information content (AvgIpc) is 2.52. The number of carbonyl (C=O) groups is 1. The van der Waals surface area contributed by atoms with Gasteiger partial charge in [-0.15, -0.1) is 0 Å². The molecule has 2 aromatic rings. The maximum Gasteiger partial charge on any atom is 0.416 e. The second-order valence-corrected chi connectivity index (χ2v) is 5.73. The van der Waals surface area contributed by atoms with Gasteiger partial charge in [-0.1, -0.05) is 36.4 Å². The Bertz CT molecular complexity index is 684. The first-order chi connectivity index (χ1) is 11.3. The van der Waals surface area contributed by atoms with Crippen molar-refractivity contribution in [2.75, 3.05) is 5.32 Å². The Morgan fingerprint density at radius 1 is 1.00 bits per heavy atom. The molecule has 0 saturated heterocycles. The summed E-state index contributed by atoms with van der Waals surface area (Å²) in [6.07, 6.45) is -4.45. The summed E-state index contributed by atoms with van der Waals surface area (Å²) in [5.41, 5.74) is 0.0605. The van der Waals surface area contributed by atoms with Gasteiger partial charge in [0.05, 0.1) is 5.56 Å². The fraction of sp³-hybridized carbons (Fsp3) is 0.278. The van der Waals surface area contributed by atoms with Crippen LogP contribution in [-0.4, -0.2) is 11.9 Å². The standard InChI is InChI=1S/C18H19F3N2O/c1-12(2)22-16(13-7-4-3-5-8-13)17(24)23-15-10-6-9-14(11-15)18(19,20)21/h3-12,16,22H,1-2H3,(H,23,24)/t16-/m0/s1. The number of benzene rings is 2. The van der Waals surface area contributed by atoms with Gasteiger partial charge in [-0.2, -0.15) is 13.2 Å². The Kier molecular flexibility index (Phi) is 5.62. The summed E-state index contributed by atoms with van der Waals surface area (Å²) >= 11 is 0. The van der Waals surface area contributed by atoms with Gasteiger partial charge in [0.2, 0.25) is 5.91 Å². The van der Waals surface area contributed by atoms with Gasteiger partial charge >= 0.3 is 6.18 Å². The van der Waals surface area contributed by atoms with E-state index in [0.717, 1.165) is 17.7 Å². The number of nitrogens with one attached hydrogen (secondary N) is 2. The molecule has 0 bridgehead atoms. The smallest absolute Gasteiger partial charge is 0.324 e. The van der Waals surface area contributed by atoms with Crippen molar-refractivity contribution in [3.63, 3.8) is 0 Å². The van der Waals surface area contributed by atoms with E-state index in [4.69, 9.17) is 0 Å². The number of hydrogen-bond donors (Lipinski definition) is 2. The third-order valence-corrected chi connectivity index (χ3v) is 3.35. The summed E-state index contributed by atoms with van der Waals surface area (Å²) in [5, 5.41) is 5.68. The van der Waals surface area contributed by atoms with Gasteiger partial charge < -0.3 is 5.32 Å². The van der Waals surface area contributed by atoms with Gasteiger partial charge in [0.15, 0.2) is 0 Å². The molecule has 0 aliphatic heterocycles. The minimum Gasteiger partial charge on any atom is -0.324 e. The number of carbonyl (C=O) groups excluding carboxylic acids is 1. The fourth-order valence-corrected chi connectivity index (χ4v) is 2.29. The van der Waals surface area contributed by atoms with Crippen LogP contribution in [0.5, 0.6) is 0 Å². The molecule has 2 N–H and O–H groups in total. The second-order valence-electron chi connectivity index (χ2n) is 5.73. The van der Waals surface area contributed by atoms with E-state index in [0.29, 0.717) is 0 Å². The molecule has 0 aromatic heterocycles. The Morgan fingerprint density at radius 2 is 1.67 bits per heavy atom. The van der Waals surface area contributed by atoms with Gasteiger partial charge in [-0.05, 0) is 37.6 Å². The summed E-state index contributed by atoms with van der Waals surface area (Å²) in [7, 11) is 0. The molecule has 6 heteroatoms. The van der Waals surface area contributed by atoms with Crippen molar-refractivity contribution in [2.45, 2.75) is 32.1 Å². The molecule has 0 heterocycles. The van der Waals surface area contributed by atoms with Gasteiger partial charge in [0.25, 0.3) is 0 Å². The molecule has 24 heavy (non-hydrogen) atoms. The summed E-state index contributed by atoms with van der Waals surface area (Å²) in [4.78, 5) is 12.6. The first-order valence-electron chi connectivity index (χ1n) is 7.56. The molecule has 2 aromatic carbocycles. The SMILES string of the molecule is CC(C)N[C@H](C(=O)Nc1cccc(C(F)(F)F)c1)c1ccccc1. The highest BCUT2D eigenvalue weighted by molar-refractivity contribution is 5.95. The summed E-state index contributed by atoms with van der Waals surface area (Å²) in [6.45, 7) is 3.79. The Labute approximate surface area is 138 Å². The molecule has 1 atom stereocenters. The van der Waals surface area contributed by atoms with Gasteiger partial charge in [-0.3, -0.25) is 10.1 Å². The first kappa shape index (κ1) is 18.0. The second kappa shape index (κ2) is 7.49. The maximum atomic E-state index is 12.8. The topological polar surface area (TPSA) is 41.1 Å². The van der Waals surface area contributed by atoms with Crippen LogP contribution in [0.2, 0.25) is 0 Å². The van der Waals surface area contributed by atoms with Gasteiger partial charge in [0.1, 0.15) is 6.04 Å². The molecular weight excluding hydrogens is 317 g/mol. The summed E-state index contributed by atoms with van der Waals surface area (Å²) in [5.74, 6) is -0.408. The highest BCUT2D eigenvalue weighted by Crippen LogP contribution is 2.30. The monoisotopic (exact) mass is 336 g/mol. The first-order valence-corrected chi connectivity index (χ1v) is 7.56. The van der Waals surface area contributed by atoms with Crippen LogP contribution in [0.15, 0.2) is 54.6 Å². The number of amides is 1. The van der Waals surface area contributed by atoms with Crippen LogP contribution in [0.4, 0.5) is 18.9 Å². The quantitative estimate of drug-likeness (QED) is 0.850. The lowest BCUT2D eigenvalue weighted by Crippen LogP contribution is -2.37. The van der Waals surface area contributed by atoms with Crippen LogP contribution < -0.4 is 10.6 Å². The molecule has 1 amide bonds. The minimum absolute atomic E-state index is 0.0301. The predicted octanol–water partition coefficient (Wildman–Crippen LogP) is 4.38. The van der Waals surface area contributed by atoms with Crippen LogP contribution in [0.25, 0.3) is 0 Å². The largest absolute Gasteiger partial charge is 0.416 e. The minimum atomic E-state index is -4.45. The van der Waals surface area contributed by atoms with E-state index in [9.17, 15) is 18.0 Å². The van der Waals surface area contributed by atoms with Crippen molar-refractivity contribution in [1.82, 2.24) is 5.32 Å². The van der Waals surface area contributed by atoms with Crippen molar-refractivity contribution in [3.05, 3.63) is 65.7 Å². The van der Waals surface area contributed by atoms with Crippen molar-refractivity contribution in [2.24, 2.45) is 0 Å². The van der Waals surface area contributed by atoms with Crippen molar-refractivity contribution < 1.29 is 18.0 Å². The van der Waals surface area contributed by atoms with Crippen LogP contribution >= 0.6 is 0 Å². The Morgan fingerprint density at radius 3 is 2.25 bits per heavy atom. The van der Waals surface area contributed by atoms with Crippen LogP contribution in [0, 0.1) is 0 Å². The van der Waals surface area contributed by atoms with Crippen LogP contribution in [0.1, 0.15) is 31.0 Å². The third-order valence-electron chi connectivity index (χ3n) is 3.35. The van der Waals surface area contributed by atoms with E-state index in [1.807, 2.05) is 32.0 Å². The lowest BCUT2D eigenvalue weighted by atomic mass is 10.0. The molecular formula is C18H19F3N2O. The molecule has 0 aliphatic rings. The molecule has 0 unspecified atom stereocenters.